The Morgan fingerprint density at radius 1 is 1.21 bits per heavy atom. The van der Waals surface area contributed by atoms with Gasteiger partial charge in [-0.2, -0.15) is 0 Å². The Morgan fingerprint density at radius 2 is 1.94 bits per heavy atom. The van der Waals surface area contributed by atoms with Crippen LogP contribution in [0.1, 0.15) is 90.3 Å². The standard InChI is InChI=1S/C26H38ClNO4S/c1-16-8-7-10-26(6)22(32-26)14-21(20(27)13-19-15-33-18(3)28-19)31-23(29)9-11-25(4,5)24(30)17(2)12-16/h13,15-17,21-22H,7-12,14H2,1-6H3. The predicted molar refractivity (Wildman–Crippen MR) is 133 cm³/mol. The molecule has 184 valence electrons. The highest BCUT2D eigenvalue weighted by Gasteiger charge is 2.52. The fourth-order valence-electron chi connectivity index (χ4n) is 4.95. The lowest BCUT2D eigenvalue weighted by Crippen LogP contribution is -2.32. The van der Waals surface area contributed by atoms with Crippen LogP contribution in [0.4, 0.5) is 0 Å². The first-order valence-electron chi connectivity index (χ1n) is 12.1. The first kappa shape index (κ1) is 26.4. The highest BCUT2D eigenvalue weighted by molar-refractivity contribution is 7.09. The third-order valence-corrected chi connectivity index (χ3v) is 8.31. The molecule has 7 heteroatoms. The van der Waals surface area contributed by atoms with Crippen LogP contribution in [0.5, 0.6) is 0 Å². The zero-order valence-corrected chi connectivity index (χ0v) is 22.4. The summed E-state index contributed by atoms with van der Waals surface area (Å²) >= 11 is 8.20. The number of carbonyl (C=O) groups excluding carboxylic acids is 2. The molecule has 2 fully saturated rings. The maximum atomic E-state index is 13.1. The van der Waals surface area contributed by atoms with E-state index in [0.29, 0.717) is 23.8 Å². The Labute approximate surface area is 207 Å². The molecule has 0 N–H and O–H groups in total. The third kappa shape index (κ3) is 7.12. The molecule has 0 amide bonds. The fourth-order valence-corrected chi connectivity index (χ4v) is 5.77. The van der Waals surface area contributed by atoms with Crippen molar-refractivity contribution in [1.29, 1.82) is 0 Å². The molecule has 3 rings (SSSR count). The summed E-state index contributed by atoms with van der Waals surface area (Å²) in [7, 11) is 0. The maximum absolute atomic E-state index is 13.1. The second-order valence-corrected chi connectivity index (χ2v) is 12.3. The van der Waals surface area contributed by atoms with Crippen LogP contribution in [0.25, 0.3) is 6.08 Å². The van der Waals surface area contributed by atoms with Gasteiger partial charge in [0.1, 0.15) is 11.9 Å². The second-order valence-electron chi connectivity index (χ2n) is 10.8. The Hall–Kier alpha value is -1.24. The van der Waals surface area contributed by atoms with E-state index < -0.39 is 11.5 Å². The summed E-state index contributed by atoms with van der Waals surface area (Å²) in [5.41, 5.74) is -0.0141. The maximum Gasteiger partial charge on any atom is 0.306 e. The lowest BCUT2D eigenvalue weighted by atomic mass is 9.75. The number of carbonyl (C=O) groups is 2. The molecule has 0 spiro atoms. The summed E-state index contributed by atoms with van der Waals surface area (Å²) in [5.74, 6) is 0.341. The highest BCUT2D eigenvalue weighted by Crippen LogP contribution is 2.45. The fraction of sp³-hybridized carbons (Fsp3) is 0.731. The number of rotatable bonds is 2. The number of ketones is 1. The summed E-state index contributed by atoms with van der Waals surface area (Å²) < 4.78 is 11.9. The lowest BCUT2D eigenvalue weighted by molar-refractivity contribution is -0.148. The van der Waals surface area contributed by atoms with Crippen molar-refractivity contribution < 1.29 is 19.1 Å². The quantitative estimate of drug-likeness (QED) is 0.336. The molecule has 0 saturated carbocycles. The van der Waals surface area contributed by atoms with Crippen molar-refractivity contribution in [2.75, 3.05) is 0 Å². The minimum absolute atomic E-state index is 0.00905. The van der Waals surface area contributed by atoms with E-state index >= 15 is 0 Å². The molecule has 3 heterocycles. The van der Waals surface area contributed by atoms with Crippen molar-refractivity contribution in [3.05, 3.63) is 21.1 Å². The van der Waals surface area contributed by atoms with E-state index in [4.69, 9.17) is 21.1 Å². The summed E-state index contributed by atoms with van der Waals surface area (Å²) in [4.78, 5) is 30.3. The van der Waals surface area contributed by atoms with Gasteiger partial charge in [-0.25, -0.2) is 4.98 Å². The van der Waals surface area contributed by atoms with Crippen molar-refractivity contribution in [3.63, 3.8) is 0 Å². The highest BCUT2D eigenvalue weighted by atomic mass is 35.5. The average molecular weight is 496 g/mol. The smallest absolute Gasteiger partial charge is 0.306 e. The molecule has 0 aliphatic carbocycles. The van der Waals surface area contributed by atoms with Gasteiger partial charge in [-0.05, 0) is 45.1 Å². The molecule has 5 unspecified atom stereocenters. The number of cyclic esters (lactones) is 1. The van der Waals surface area contributed by atoms with Crippen LogP contribution >= 0.6 is 22.9 Å². The zero-order chi connectivity index (χ0) is 24.4. The average Bonchev–Trinajstić information content (AvgIpc) is 3.17. The van der Waals surface area contributed by atoms with E-state index in [0.717, 1.165) is 36.4 Å². The number of thiazole rings is 1. The van der Waals surface area contributed by atoms with E-state index in [1.807, 2.05) is 33.1 Å². The van der Waals surface area contributed by atoms with Crippen molar-refractivity contribution in [3.8, 4) is 0 Å². The van der Waals surface area contributed by atoms with E-state index in [-0.39, 0.29) is 35.8 Å². The van der Waals surface area contributed by atoms with Crippen LogP contribution < -0.4 is 0 Å². The largest absolute Gasteiger partial charge is 0.456 e. The van der Waals surface area contributed by atoms with Crippen LogP contribution in [0.3, 0.4) is 0 Å². The number of fused-ring (bicyclic) bond motifs is 1. The van der Waals surface area contributed by atoms with Gasteiger partial charge in [0.25, 0.3) is 0 Å². The Balaban J connectivity index is 1.79. The molecule has 2 aliphatic heterocycles. The molecule has 1 aromatic rings. The Bertz CT molecular complexity index is 895. The van der Waals surface area contributed by atoms with Crippen LogP contribution in [0, 0.1) is 24.2 Å². The Morgan fingerprint density at radius 3 is 2.61 bits per heavy atom. The molecule has 33 heavy (non-hydrogen) atoms. The van der Waals surface area contributed by atoms with Gasteiger partial charge in [-0.1, -0.05) is 52.1 Å². The number of epoxide rings is 1. The van der Waals surface area contributed by atoms with E-state index in [1.54, 1.807) is 17.4 Å². The van der Waals surface area contributed by atoms with Crippen molar-refractivity contribution >= 4 is 40.8 Å². The van der Waals surface area contributed by atoms with Crippen molar-refractivity contribution in [2.45, 2.75) is 104 Å². The predicted octanol–water partition coefficient (Wildman–Crippen LogP) is 6.71. The molecule has 2 saturated heterocycles. The molecular weight excluding hydrogens is 458 g/mol. The molecule has 0 aromatic carbocycles. The number of halogens is 1. The zero-order valence-electron chi connectivity index (χ0n) is 20.8. The number of nitrogens with zero attached hydrogens (tertiary/aromatic N) is 1. The minimum Gasteiger partial charge on any atom is -0.456 e. The molecule has 5 atom stereocenters. The van der Waals surface area contributed by atoms with E-state index in [2.05, 4.69) is 18.8 Å². The van der Waals surface area contributed by atoms with Crippen molar-refractivity contribution in [2.24, 2.45) is 17.3 Å². The van der Waals surface area contributed by atoms with Crippen LogP contribution in [-0.2, 0) is 19.1 Å². The normalized spacial score (nSPS) is 34.5. The summed E-state index contributed by atoms with van der Waals surface area (Å²) in [6.45, 7) is 12.2. The lowest BCUT2D eigenvalue weighted by Gasteiger charge is -2.28. The molecule has 0 bridgehead atoms. The van der Waals surface area contributed by atoms with Crippen LogP contribution in [0.15, 0.2) is 10.4 Å². The molecule has 2 aliphatic rings. The van der Waals surface area contributed by atoms with Crippen LogP contribution in [0.2, 0.25) is 0 Å². The van der Waals surface area contributed by atoms with Gasteiger partial charge in [0, 0.05) is 29.6 Å². The number of aromatic nitrogens is 1. The van der Waals surface area contributed by atoms with Gasteiger partial charge in [0.05, 0.1) is 27.4 Å². The monoisotopic (exact) mass is 495 g/mol. The van der Waals surface area contributed by atoms with Gasteiger partial charge < -0.3 is 9.47 Å². The first-order chi connectivity index (χ1) is 15.4. The van der Waals surface area contributed by atoms with Gasteiger partial charge in [0.15, 0.2) is 0 Å². The number of hydrogen-bond acceptors (Lipinski definition) is 6. The van der Waals surface area contributed by atoms with Gasteiger partial charge in [0.2, 0.25) is 0 Å². The van der Waals surface area contributed by atoms with Crippen molar-refractivity contribution in [1.82, 2.24) is 4.98 Å². The SMILES string of the molecule is Cc1nc(C=C(Cl)C2CC3OC3(C)CCCC(C)CC(C)C(=O)C(C)(C)CCC(=O)O2)cs1. The molecule has 5 nitrogen and oxygen atoms in total. The third-order valence-electron chi connectivity index (χ3n) is 7.16. The minimum atomic E-state index is -0.586. The van der Waals surface area contributed by atoms with Gasteiger partial charge >= 0.3 is 5.97 Å². The second kappa shape index (κ2) is 10.6. The number of ether oxygens (including phenoxy) is 2. The molecule has 1 aromatic heterocycles. The van der Waals surface area contributed by atoms with Crippen LogP contribution in [-0.4, -0.2) is 34.5 Å². The number of aryl methyl sites for hydroxylation is 1. The molecule has 0 radical (unpaired) electrons. The van der Waals surface area contributed by atoms with E-state index in [9.17, 15) is 9.59 Å². The van der Waals surface area contributed by atoms with Gasteiger partial charge in [-0.15, -0.1) is 11.3 Å². The number of Topliss-reactive ketones (excluding diaryl/α,β-unsaturated/α-hetero) is 1. The first-order valence-corrected chi connectivity index (χ1v) is 13.4. The summed E-state index contributed by atoms with van der Waals surface area (Å²) in [6, 6.07) is 0. The Kier molecular flexibility index (Phi) is 8.45. The number of hydrogen-bond donors (Lipinski definition) is 0. The van der Waals surface area contributed by atoms with E-state index in [1.165, 1.54) is 0 Å². The summed E-state index contributed by atoms with van der Waals surface area (Å²) in [5, 5.41) is 3.34. The van der Waals surface area contributed by atoms with Gasteiger partial charge in [-0.3, -0.25) is 9.59 Å². The molecular formula is C26H38ClNO4S. The number of esters is 1. The summed E-state index contributed by atoms with van der Waals surface area (Å²) in [6.07, 6.45) is 6.31. The topological polar surface area (TPSA) is 68.8 Å².